The van der Waals surface area contributed by atoms with Gasteiger partial charge in [-0.2, -0.15) is 0 Å². The van der Waals surface area contributed by atoms with Gasteiger partial charge in [-0.05, 0) is 6.07 Å². The molecule has 5 heteroatoms. The van der Waals surface area contributed by atoms with Crippen LogP contribution in [0.2, 0.25) is 0 Å². The third-order valence-electron chi connectivity index (χ3n) is 2.37. The lowest BCUT2D eigenvalue weighted by Gasteiger charge is -2.25. The van der Waals surface area contributed by atoms with Crippen LogP contribution in [0.3, 0.4) is 0 Å². The Hall–Kier alpha value is -0.710. The zero-order chi connectivity index (χ0) is 10.5. The van der Waals surface area contributed by atoms with Gasteiger partial charge in [0, 0.05) is 19.3 Å². The maximum atomic E-state index is 5.72. The van der Waals surface area contributed by atoms with E-state index in [1.807, 2.05) is 6.07 Å². The van der Waals surface area contributed by atoms with E-state index < -0.39 is 0 Å². The van der Waals surface area contributed by atoms with Gasteiger partial charge in [0.25, 0.3) is 0 Å². The van der Waals surface area contributed by atoms with Crippen LogP contribution in [0.15, 0.2) is 12.3 Å². The molecule has 1 aromatic heterocycles. The Balaban J connectivity index is 1.96. The Bertz CT molecular complexity index is 315. The Labute approximate surface area is 94.2 Å². The Morgan fingerprint density at radius 1 is 1.40 bits per heavy atom. The van der Waals surface area contributed by atoms with E-state index in [1.54, 1.807) is 6.20 Å². The molecule has 0 saturated carbocycles. The molecule has 0 spiro atoms. The Morgan fingerprint density at radius 3 is 2.93 bits per heavy atom. The van der Waals surface area contributed by atoms with Crippen molar-refractivity contribution in [1.29, 1.82) is 0 Å². The van der Waals surface area contributed by atoms with E-state index >= 15 is 0 Å². The first-order chi connectivity index (χ1) is 7.38. The molecule has 0 radical (unpaired) electrons. The fourth-order valence-electron chi connectivity index (χ4n) is 1.55. The zero-order valence-electron chi connectivity index (χ0n) is 8.53. The highest BCUT2D eigenvalue weighted by molar-refractivity contribution is 6.16. The van der Waals surface area contributed by atoms with Crippen molar-refractivity contribution in [1.82, 2.24) is 14.9 Å². The molecular formula is C10H14ClN3O. The number of rotatable bonds is 3. The summed E-state index contributed by atoms with van der Waals surface area (Å²) in [6.45, 7) is 4.29. The smallest absolute Gasteiger partial charge is 0.142 e. The van der Waals surface area contributed by atoms with E-state index in [2.05, 4.69) is 14.9 Å². The quantitative estimate of drug-likeness (QED) is 0.724. The molecule has 0 unspecified atom stereocenters. The molecule has 4 nitrogen and oxygen atoms in total. The molecule has 0 aliphatic carbocycles. The second-order valence-electron chi connectivity index (χ2n) is 3.49. The highest BCUT2D eigenvalue weighted by Crippen LogP contribution is 2.04. The normalized spacial score (nSPS) is 17.9. The highest BCUT2D eigenvalue weighted by atomic mass is 35.5. The molecule has 0 amide bonds. The lowest BCUT2D eigenvalue weighted by Crippen LogP contribution is -2.36. The Morgan fingerprint density at radius 2 is 2.20 bits per heavy atom. The van der Waals surface area contributed by atoms with Gasteiger partial charge >= 0.3 is 0 Å². The lowest BCUT2D eigenvalue weighted by molar-refractivity contribution is 0.0330. The average Bonchev–Trinajstić information content (AvgIpc) is 2.31. The summed E-state index contributed by atoms with van der Waals surface area (Å²) in [5, 5.41) is 0. The fourth-order valence-corrected chi connectivity index (χ4v) is 1.70. The number of hydrogen-bond donors (Lipinski definition) is 0. The van der Waals surface area contributed by atoms with Crippen molar-refractivity contribution in [3.8, 4) is 0 Å². The van der Waals surface area contributed by atoms with Crippen LogP contribution in [-0.4, -0.2) is 41.2 Å². The van der Waals surface area contributed by atoms with E-state index in [-0.39, 0.29) is 0 Å². The van der Waals surface area contributed by atoms with Crippen molar-refractivity contribution >= 4 is 11.6 Å². The first-order valence-corrected chi connectivity index (χ1v) is 5.59. The summed E-state index contributed by atoms with van der Waals surface area (Å²) in [5.74, 6) is 1.29. The van der Waals surface area contributed by atoms with Gasteiger partial charge in [0.05, 0.1) is 31.3 Å². The Kier molecular flexibility index (Phi) is 3.88. The van der Waals surface area contributed by atoms with Crippen molar-refractivity contribution in [2.24, 2.45) is 0 Å². The number of nitrogens with zero attached hydrogens (tertiary/aromatic N) is 3. The number of alkyl halides is 1. The second kappa shape index (κ2) is 5.39. The molecule has 0 aromatic carbocycles. The van der Waals surface area contributed by atoms with E-state index in [0.29, 0.717) is 5.88 Å². The van der Waals surface area contributed by atoms with Crippen LogP contribution in [0.5, 0.6) is 0 Å². The number of ether oxygens (including phenoxy) is 1. The fraction of sp³-hybridized carbons (Fsp3) is 0.600. The molecule has 0 atom stereocenters. The first kappa shape index (κ1) is 10.8. The van der Waals surface area contributed by atoms with Gasteiger partial charge in [-0.15, -0.1) is 11.6 Å². The van der Waals surface area contributed by atoms with Crippen LogP contribution in [-0.2, 0) is 17.2 Å². The monoisotopic (exact) mass is 227 g/mol. The summed E-state index contributed by atoms with van der Waals surface area (Å²) >= 11 is 5.72. The van der Waals surface area contributed by atoms with Gasteiger partial charge in [0.1, 0.15) is 5.82 Å². The third kappa shape index (κ3) is 3.12. The van der Waals surface area contributed by atoms with Gasteiger partial charge < -0.3 is 4.74 Å². The molecule has 1 fully saturated rings. The number of morpholine rings is 1. The summed E-state index contributed by atoms with van der Waals surface area (Å²) in [6.07, 6.45) is 1.76. The summed E-state index contributed by atoms with van der Waals surface area (Å²) in [5.41, 5.74) is 0.884. The predicted octanol–water partition coefficient (Wildman–Crippen LogP) is 1.05. The largest absolute Gasteiger partial charge is 0.379 e. The molecule has 1 saturated heterocycles. The van der Waals surface area contributed by atoms with Crippen molar-refractivity contribution in [2.75, 3.05) is 26.3 Å². The number of hydrogen-bond acceptors (Lipinski definition) is 4. The lowest BCUT2D eigenvalue weighted by atomic mass is 10.4. The van der Waals surface area contributed by atoms with Crippen LogP contribution >= 0.6 is 11.6 Å². The molecule has 2 rings (SSSR count). The summed E-state index contributed by atoms with van der Waals surface area (Å²) in [7, 11) is 0. The summed E-state index contributed by atoms with van der Waals surface area (Å²) in [4.78, 5) is 10.9. The standard InChI is InChI=1S/C10H14ClN3O/c11-7-9-1-2-12-10(13-9)8-14-3-5-15-6-4-14/h1-2H,3-8H2. The van der Waals surface area contributed by atoms with Crippen LogP contribution in [0.4, 0.5) is 0 Å². The molecule has 15 heavy (non-hydrogen) atoms. The molecule has 1 aliphatic heterocycles. The van der Waals surface area contributed by atoms with Gasteiger partial charge in [0.2, 0.25) is 0 Å². The molecule has 82 valence electrons. The number of halogens is 1. The van der Waals surface area contributed by atoms with Crippen molar-refractivity contribution < 1.29 is 4.74 Å². The van der Waals surface area contributed by atoms with Gasteiger partial charge in [-0.25, -0.2) is 9.97 Å². The summed E-state index contributed by atoms with van der Waals surface area (Å²) < 4.78 is 5.28. The average molecular weight is 228 g/mol. The minimum Gasteiger partial charge on any atom is -0.379 e. The molecule has 0 N–H and O–H groups in total. The van der Waals surface area contributed by atoms with Crippen molar-refractivity contribution in [3.63, 3.8) is 0 Å². The van der Waals surface area contributed by atoms with Crippen LogP contribution in [0, 0.1) is 0 Å². The van der Waals surface area contributed by atoms with E-state index in [4.69, 9.17) is 16.3 Å². The van der Waals surface area contributed by atoms with Crippen LogP contribution in [0.25, 0.3) is 0 Å². The molecule has 1 aromatic rings. The number of aromatic nitrogens is 2. The van der Waals surface area contributed by atoms with Gasteiger partial charge in [-0.3, -0.25) is 4.90 Å². The molecule has 1 aliphatic rings. The highest BCUT2D eigenvalue weighted by Gasteiger charge is 2.11. The predicted molar refractivity (Wildman–Crippen MR) is 57.7 cm³/mol. The van der Waals surface area contributed by atoms with Gasteiger partial charge in [0.15, 0.2) is 0 Å². The van der Waals surface area contributed by atoms with E-state index in [9.17, 15) is 0 Å². The minimum absolute atomic E-state index is 0.443. The minimum atomic E-state index is 0.443. The third-order valence-corrected chi connectivity index (χ3v) is 2.64. The topological polar surface area (TPSA) is 38.2 Å². The molecule has 0 bridgehead atoms. The molecular weight excluding hydrogens is 214 g/mol. The van der Waals surface area contributed by atoms with Gasteiger partial charge in [-0.1, -0.05) is 0 Å². The SMILES string of the molecule is ClCc1ccnc(CN2CCOCC2)n1. The maximum Gasteiger partial charge on any atom is 0.142 e. The zero-order valence-corrected chi connectivity index (χ0v) is 9.28. The summed E-state index contributed by atoms with van der Waals surface area (Å²) in [6, 6.07) is 1.84. The molecule has 2 heterocycles. The second-order valence-corrected chi connectivity index (χ2v) is 3.75. The van der Waals surface area contributed by atoms with Crippen LogP contribution < -0.4 is 0 Å². The van der Waals surface area contributed by atoms with E-state index in [0.717, 1.165) is 44.4 Å². The van der Waals surface area contributed by atoms with Crippen molar-refractivity contribution in [3.05, 3.63) is 23.8 Å². The van der Waals surface area contributed by atoms with Crippen molar-refractivity contribution in [2.45, 2.75) is 12.4 Å². The first-order valence-electron chi connectivity index (χ1n) is 5.05. The maximum absolute atomic E-state index is 5.72. The van der Waals surface area contributed by atoms with E-state index in [1.165, 1.54) is 0 Å². The van der Waals surface area contributed by atoms with Crippen LogP contribution in [0.1, 0.15) is 11.5 Å².